The van der Waals surface area contributed by atoms with E-state index in [0.29, 0.717) is 23.8 Å². The summed E-state index contributed by atoms with van der Waals surface area (Å²) in [7, 11) is -3.60. The lowest BCUT2D eigenvalue weighted by atomic mass is 10.1. The second-order valence-electron chi connectivity index (χ2n) is 8.01. The van der Waals surface area contributed by atoms with Gasteiger partial charge in [-0.25, -0.2) is 13.4 Å². The fourth-order valence-electron chi connectivity index (χ4n) is 4.20. The highest BCUT2D eigenvalue weighted by Gasteiger charge is 2.35. The topological polar surface area (TPSA) is 75.5 Å². The van der Waals surface area contributed by atoms with Gasteiger partial charge >= 0.3 is 0 Å². The molecule has 1 amide bonds. The van der Waals surface area contributed by atoms with E-state index in [4.69, 9.17) is 0 Å². The molecule has 0 saturated carbocycles. The van der Waals surface area contributed by atoms with Crippen molar-refractivity contribution in [3.05, 3.63) is 47.5 Å². The largest absolute Gasteiger partial charge is 0.342 e. The van der Waals surface area contributed by atoms with Crippen LogP contribution < -0.4 is 0 Å². The Morgan fingerprint density at radius 1 is 1.07 bits per heavy atom. The molecule has 1 unspecified atom stereocenters. The van der Waals surface area contributed by atoms with E-state index in [2.05, 4.69) is 4.98 Å². The number of likely N-dealkylation sites (tertiary alicyclic amines) is 1. The van der Waals surface area contributed by atoms with Gasteiger partial charge in [-0.1, -0.05) is 17.7 Å². The predicted molar refractivity (Wildman–Crippen MR) is 110 cm³/mol. The van der Waals surface area contributed by atoms with Crippen molar-refractivity contribution < 1.29 is 13.2 Å². The Balaban J connectivity index is 1.52. The zero-order chi connectivity index (χ0) is 20.6. The summed E-state index contributed by atoms with van der Waals surface area (Å²) >= 11 is 0. The van der Waals surface area contributed by atoms with Crippen LogP contribution in [-0.2, 0) is 27.8 Å². The standard InChI is InChI=1S/C21H28N4O3S/c1-16-6-8-19(9-7-16)29(27,28)25-13-12-24-15-18(22-21(24)17(25)2)14-20(26)23-10-4-3-5-11-23/h6-9,15,17H,3-5,10-14H2,1-2H3. The van der Waals surface area contributed by atoms with Gasteiger partial charge in [0, 0.05) is 32.4 Å². The van der Waals surface area contributed by atoms with Crippen LogP contribution in [0.1, 0.15) is 49.3 Å². The van der Waals surface area contributed by atoms with Gasteiger partial charge in [0.1, 0.15) is 5.82 Å². The number of aromatic nitrogens is 2. The number of sulfonamides is 1. The monoisotopic (exact) mass is 416 g/mol. The molecule has 2 aliphatic heterocycles. The molecule has 7 nitrogen and oxygen atoms in total. The number of hydrogen-bond donors (Lipinski definition) is 0. The number of aryl methyl sites for hydroxylation is 1. The summed E-state index contributed by atoms with van der Waals surface area (Å²) in [6.45, 7) is 6.37. The number of nitrogens with zero attached hydrogens (tertiary/aromatic N) is 4. The number of hydrogen-bond acceptors (Lipinski definition) is 4. The molecule has 29 heavy (non-hydrogen) atoms. The Hall–Kier alpha value is -2.19. The zero-order valence-corrected chi connectivity index (χ0v) is 17.9. The van der Waals surface area contributed by atoms with Crippen molar-refractivity contribution in [2.24, 2.45) is 0 Å². The molecule has 4 rings (SSSR count). The van der Waals surface area contributed by atoms with E-state index in [0.717, 1.165) is 37.2 Å². The molecular weight excluding hydrogens is 388 g/mol. The minimum Gasteiger partial charge on any atom is -0.342 e. The lowest BCUT2D eigenvalue weighted by molar-refractivity contribution is -0.131. The van der Waals surface area contributed by atoms with Crippen LogP contribution in [0.4, 0.5) is 0 Å². The Labute approximate surface area is 172 Å². The van der Waals surface area contributed by atoms with Crippen molar-refractivity contribution in [1.29, 1.82) is 0 Å². The maximum Gasteiger partial charge on any atom is 0.243 e. The van der Waals surface area contributed by atoms with Gasteiger partial charge in [-0.3, -0.25) is 4.79 Å². The number of amides is 1. The summed E-state index contributed by atoms with van der Waals surface area (Å²) in [5.74, 6) is 0.810. The summed E-state index contributed by atoms with van der Waals surface area (Å²) in [5.41, 5.74) is 1.74. The van der Waals surface area contributed by atoms with Crippen LogP contribution in [0.3, 0.4) is 0 Å². The number of carbonyl (C=O) groups excluding carboxylic acids is 1. The van der Waals surface area contributed by atoms with Gasteiger partial charge in [-0.2, -0.15) is 4.31 Å². The second kappa shape index (κ2) is 7.91. The van der Waals surface area contributed by atoms with E-state index in [9.17, 15) is 13.2 Å². The van der Waals surface area contributed by atoms with Gasteiger partial charge in [0.25, 0.3) is 0 Å². The van der Waals surface area contributed by atoms with Gasteiger partial charge in [-0.15, -0.1) is 0 Å². The van der Waals surface area contributed by atoms with E-state index in [1.165, 1.54) is 10.7 Å². The van der Waals surface area contributed by atoms with Crippen LogP contribution in [-0.4, -0.2) is 52.7 Å². The minimum absolute atomic E-state index is 0.108. The van der Waals surface area contributed by atoms with Crippen molar-refractivity contribution in [1.82, 2.24) is 18.8 Å². The molecule has 1 saturated heterocycles. The smallest absolute Gasteiger partial charge is 0.243 e. The first-order valence-electron chi connectivity index (χ1n) is 10.3. The van der Waals surface area contributed by atoms with Crippen molar-refractivity contribution in [2.45, 2.75) is 57.0 Å². The molecule has 0 N–H and O–H groups in total. The normalized spacial score (nSPS) is 20.5. The van der Waals surface area contributed by atoms with Crippen LogP contribution in [0.2, 0.25) is 0 Å². The third-order valence-electron chi connectivity index (χ3n) is 5.89. The molecule has 1 atom stereocenters. The van der Waals surface area contributed by atoms with E-state index in [1.54, 1.807) is 12.1 Å². The SMILES string of the molecule is Cc1ccc(S(=O)(=O)N2CCn3cc(CC(=O)N4CCCCC4)nc3C2C)cc1. The first kappa shape index (κ1) is 20.1. The average Bonchev–Trinajstić information content (AvgIpc) is 3.12. The Morgan fingerprint density at radius 2 is 1.76 bits per heavy atom. The maximum absolute atomic E-state index is 13.1. The summed E-state index contributed by atoms with van der Waals surface area (Å²) in [5, 5.41) is 0. The van der Waals surface area contributed by atoms with Gasteiger partial charge < -0.3 is 9.47 Å². The van der Waals surface area contributed by atoms with E-state index < -0.39 is 10.0 Å². The van der Waals surface area contributed by atoms with Crippen LogP contribution in [0, 0.1) is 6.92 Å². The quantitative estimate of drug-likeness (QED) is 0.768. The Morgan fingerprint density at radius 3 is 2.45 bits per heavy atom. The molecule has 0 aliphatic carbocycles. The van der Waals surface area contributed by atoms with Crippen molar-refractivity contribution >= 4 is 15.9 Å². The molecular formula is C21H28N4O3S. The number of rotatable bonds is 4. The molecule has 0 radical (unpaired) electrons. The van der Waals surface area contributed by atoms with Gasteiger partial charge in [0.15, 0.2) is 0 Å². The highest BCUT2D eigenvalue weighted by atomic mass is 32.2. The zero-order valence-electron chi connectivity index (χ0n) is 17.0. The molecule has 156 valence electrons. The Kier molecular flexibility index (Phi) is 5.48. The highest BCUT2D eigenvalue weighted by Crippen LogP contribution is 2.30. The van der Waals surface area contributed by atoms with Crippen LogP contribution in [0.5, 0.6) is 0 Å². The summed E-state index contributed by atoms with van der Waals surface area (Å²) in [4.78, 5) is 19.4. The third-order valence-corrected chi connectivity index (χ3v) is 7.88. The summed E-state index contributed by atoms with van der Waals surface area (Å²) < 4.78 is 29.8. The number of fused-ring (bicyclic) bond motifs is 1. The molecule has 1 aromatic heterocycles. The molecule has 0 spiro atoms. The van der Waals surface area contributed by atoms with Crippen molar-refractivity contribution in [3.8, 4) is 0 Å². The number of benzene rings is 1. The fraction of sp³-hybridized carbons (Fsp3) is 0.524. The van der Waals surface area contributed by atoms with E-state index in [-0.39, 0.29) is 18.4 Å². The maximum atomic E-state index is 13.1. The molecule has 8 heteroatoms. The van der Waals surface area contributed by atoms with Gasteiger partial charge in [0.05, 0.1) is 23.1 Å². The van der Waals surface area contributed by atoms with Crippen LogP contribution in [0.25, 0.3) is 0 Å². The average molecular weight is 417 g/mol. The molecule has 1 aromatic carbocycles. The van der Waals surface area contributed by atoms with Gasteiger partial charge in [0.2, 0.25) is 15.9 Å². The molecule has 2 aliphatic rings. The Bertz CT molecular complexity index is 991. The van der Waals surface area contributed by atoms with Crippen molar-refractivity contribution in [3.63, 3.8) is 0 Å². The summed E-state index contributed by atoms with van der Waals surface area (Å²) in [6, 6.07) is 6.55. The van der Waals surface area contributed by atoms with Gasteiger partial charge in [-0.05, 0) is 45.2 Å². The molecule has 3 heterocycles. The highest BCUT2D eigenvalue weighted by molar-refractivity contribution is 7.89. The fourth-order valence-corrected chi connectivity index (χ4v) is 5.78. The molecule has 1 fully saturated rings. The van der Waals surface area contributed by atoms with E-state index in [1.807, 2.05) is 41.6 Å². The predicted octanol–water partition coefficient (Wildman–Crippen LogP) is 2.51. The third kappa shape index (κ3) is 3.96. The minimum atomic E-state index is -3.60. The lowest BCUT2D eigenvalue weighted by Crippen LogP contribution is -2.41. The summed E-state index contributed by atoms with van der Waals surface area (Å²) in [6.07, 6.45) is 5.49. The van der Waals surface area contributed by atoms with Crippen molar-refractivity contribution in [2.75, 3.05) is 19.6 Å². The number of imidazole rings is 1. The first-order chi connectivity index (χ1) is 13.9. The van der Waals surface area contributed by atoms with Crippen LogP contribution in [0.15, 0.2) is 35.4 Å². The lowest BCUT2D eigenvalue weighted by Gasteiger charge is -2.32. The second-order valence-corrected chi connectivity index (χ2v) is 9.90. The van der Waals surface area contributed by atoms with E-state index >= 15 is 0 Å². The molecule has 0 bridgehead atoms. The first-order valence-corrected chi connectivity index (χ1v) is 11.7. The number of piperidine rings is 1. The van der Waals surface area contributed by atoms with Crippen LogP contribution >= 0.6 is 0 Å². The number of carbonyl (C=O) groups is 1. The molecule has 2 aromatic rings.